The van der Waals surface area contributed by atoms with Gasteiger partial charge in [0.1, 0.15) is 0 Å². The van der Waals surface area contributed by atoms with Gasteiger partial charge >= 0.3 is 0 Å². The highest BCUT2D eigenvalue weighted by Crippen LogP contribution is 2.26. The zero-order chi connectivity index (χ0) is 13.7. The van der Waals surface area contributed by atoms with Crippen LogP contribution in [0.2, 0.25) is 0 Å². The third kappa shape index (κ3) is 3.89. The van der Waals surface area contributed by atoms with Gasteiger partial charge in [-0.2, -0.15) is 0 Å². The van der Waals surface area contributed by atoms with Gasteiger partial charge in [-0.1, -0.05) is 18.2 Å². The van der Waals surface area contributed by atoms with Crippen LogP contribution >= 0.6 is 11.8 Å². The standard InChI is InChI=1S/C15H16FNOS/c1-11-6-7-13(17)15(10-11)19-9-8-18-14-5-3-2-4-12(14)16/h2-7,10H,8-9,17H2,1H3. The second-order valence-corrected chi connectivity index (χ2v) is 5.31. The Bertz CT molecular complexity index is 560. The summed E-state index contributed by atoms with van der Waals surface area (Å²) in [5.41, 5.74) is 7.82. The van der Waals surface area contributed by atoms with E-state index in [0.29, 0.717) is 12.4 Å². The molecule has 0 heterocycles. The van der Waals surface area contributed by atoms with Gasteiger partial charge in [-0.25, -0.2) is 4.39 Å². The van der Waals surface area contributed by atoms with E-state index in [4.69, 9.17) is 10.5 Å². The number of hydrogen-bond acceptors (Lipinski definition) is 3. The number of halogens is 1. The predicted molar refractivity (Wildman–Crippen MR) is 78.2 cm³/mol. The Balaban J connectivity index is 1.84. The summed E-state index contributed by atoms with van der Waals surface area (Å²) in [6.45, 7) is 2.47. The van der Waals surface area contributed by atoms with E-state index in [1.165, 1.54) is 11.6 Å². The monoisotopic (exact) mass is 277 g/mol. The summed E-state index contributed by atoms with van der Waals surface area (Å²) in [6, 6.07) is 12.3. The molecule has 19 heavy (non-hydrogen) atoms. The van der Waals surface area contributed by atoms with E-state index in [1.54, 1.807) is 30.0 Å². The highest BCUT2D eigenvalue weighted by atomic mass is 32.2. The molecular formula is C15H16FNOS. The van der Waals surface area contributed by atoms with Crippen LogP contribution in [0.25, 0.3) is 0 Å². The lowest BCUT2D eigenvalue weighted by molar-refractivity contribution is 0.325. The lowest BCUT2D eigenvalue weighted by Gasteiger charge is -2.08. The first-order chi connectivity index (χ1) is 9.16. The molecule has 0 aromatic heterocycles. The number of anilines is 1. The molecule has 2 N–H and O–H groups in total. The Morgan fingerprint density at radius 1 is 1.21 bits per heavy atom. The highest BCUT2D eigenvalue weighted by Gasteiger charge is 2.03. The van der Waals surface area contributed by atoms with Crippen LogP contribution in [0.3, 0.4) is 0 Å². The van der Waals surface area contributed by atoms with Crippen LogP contribution < -0.4 is 10.5 Å². The van der Waals surface area contributed by atoms with Crippen molar-refractivity contribution in [1.82, 2.24) is 0 Å². The fourth-order valence-electron chi connectivity index (χ4n) is 1.63. The molecule has 100 valence electrons. The SMILES string of the molecule is Cc1ccc(N)c(SCCOc2ccccc2F)c1. The van der Waals surface area contributed by atoms with E-state index < -0.39 is 0 Å². The minimum absolute atomic E-state index is 0.292. The van der Waals surface area contributed by atoms with E-state index in [-0.39, 0.29) is 5.82 Å². The average Bonchev–Trinajstić information content (AvgIpc) is 2.40. The van der Waals surface area contributed by atoms with Crippen molar-refractivity contribution in [3.63, 3.8) is 0 Å². The first kappa shape index (κ1) is 13.7. The Hall–Kier alpha value is -1.68. The molecule has 0 fully saturated rings. The molecule has 0 aliphatic heterocycles. The molecule has 0 bridgehead atoms. The zero-order valence-corrected chi connectivity index (χ0v) is 11.5. The third-order valence-corrected chi connectivity index (χ3v) is 3.64. The Kier molecular flexibility index (Phi) is 4.68. The maximum Gasteiger partial charge on any atom is 0.165 e. The van der Waals surface area contributed by atoms with Gasteiger partial charge in [0.15, 0.2) is 11.6 Å². The minimum atomic E-state index is -0.331. The summed E-state index contributed by atoms with van der Waals surface area (Å²) in [4.78, 5) is 1.04. The second-order valence-electron chi connectivity index (χ2n) is 4.17. The summed E-state index contributed by atoms with van der Waals surface area (Å²) < 4.78 is 18.7. The molecule has 0 amide bonds. The van der Waals surface area contributed by atoms with Crippen molar-refractivity contribution < 1.29 is 9.13 Å². The lowest BCUT2D eigenvalue weighted by atomic mass is 10.2. The number of aryl methyl sites for hydroxylation is 1. The lowest BCUT2D eigenvalue weighted by Crippen LogP contribution is -2.02. The van der Waals surface area contributed by atoms with E-state index in [1.807, 2.05) is 25.1 Å². The Morgan fingerprint density at radius 2 is 2.00 bits per heavy atom. The van der Waals surface area contributed by atoms with Crippen molar-refractivity contribution in [3.8, 4) is 5.75 Å². The van der Waals surface area contributed by atoms with Crippen molar-refractivity contribution in [2.45, 2.75) is 11.8 Å². The topological polar surface area (TPSA) is 35.2 Å². The average molecular weight is 277 g/mol. The normalized spacial score (nSPS) is 10.4. The van der Waals surface area contributed by atoms with Gasteiger partial charge in [-0.3, -0.25) is 0 Å². The smallest absolute Gasteiger partial charge is 0.165 e. The number of ether oxygens (including phenoxy) is 1. The van der Waals surface area contributed by atoms with Gasteiger partial charge in [0.2, 0.25) is 0 Å². The van der Waals surface area contributed by atoms with Gasteiger partial charge in [0.25, 0.3) is 0 Å². The molecule has 0 aliphatic rings. The van der Waals surface area contributed by atoms with E-state index in [2.05, 4.69) is 0 Å². The Labute approximate surface area is 116 Å². The van der Waals surface area contributed by atoms with Gasteiger partial charge in [-0.15, -0.1) is 11.8 Å². The summed E-state index contributed by atoms with van der Waals surface area (Å²) in [5.74, 6) is 0.685. The van der Waals surface area contributed by atoms with Crippen LogP contribution in [-0.4, -0.2) is 12.4 Å². The molecule has 0 aliphatic carbocycles. The minimum Gasteiger partial charge on any atom is -0.490 e. The van der Waals surface area contributed by atoms with Crippen LogP contribution in [0.1, 0.15) is 5.56 Å². The van der Waals surface area contributed by atoms with Crippen LogP contribution in [-0.2, 0) is 0 Å². The molecule has 0 radical (unpaired) electrons. The van der Waals surface area contributed by atoms with E-state index in [9.17, 15) is 4.39 Å². The molecule has 2 aromatic rings. The van der Waals surface area contributed by atoms with E-state index in [0.717, 1.165) is 16.3 Å². The maximum atomic E-state index is 13.3. The second kappa shape index (κ2) is 6.48. The molecule has 0 spiro atoms. The number of hydrogen-bond donors (Lipinski definition) is 1. The largest absolute Gasteiger partial charge is 0.490 e. The third-order valence-electron chi connectivity index (χ3n) is 2.60. The molecule has 4 heteroatoms. The molecule has 0 saturated heterocycles. The van der Waals surface area contributed by atoms with Crippen molar-refractivity contribution >= 4 is 17.4 Å². The van der Waals surface area contributed by atoms with Gasteiger partial charge in [0.05, 0.1) is 6.61 Å². The first-order valence-corrected chi connectivity index (χ1v) is 7.01. The molecule has 2 aromatic carbocycles. The van der Waals surface area contributed by atoms with Crippen LogP contribution in [0.15, 0.2) is 47.4 Å². The van der Waals surface area contributed by atoms with Gasteiger partial charge < -0.3 is 10.5 Å². The van der Waals surface area contributed by atoms with Crippen molar-refractivity contribution in [1.29, 1.82) is 0 Å². The first-order valence-electron chi connectivity index (χ1n) is 6.03. The number of para-hydroxylation sites is 1. The predicted octanol–water partition coefficient (Wildman–Crippen LogP) is 3.89. The van der Waals surface area contributed by atoms with Crippen molar-refractivity contribution in [2.75, 3.05) is 18.1 Å². The summed E-state index contributed by atoms with van der Waals surface area (Å²) in [5, 5.41) is 0. The molecule has 0 saturated carbocycles. The number of nitrogens with two attached hydrogens (primary N) is 1. The van der Waals surface area contributed by atoms with Gasteiger partial charge in [-0.05, 0) is 36.8 Å². The fourth-order valence-corrected chi connectivity index (χ4v) is 2.52. The molecule has 0 unspecified atom stereocenters. The fraction of sp³-hybridized carbons (Fsp3) is 0.200. The number of rotatable bonds is 5. The number of thioether (sulfide) groups is 1. The van der Waals surface area contributed by atoms with Crippen molar-refractivity contribution in [2.24, 2.45) is 0 Å². The summed E-state index contributed by atoms with van der Waals surface area (Å²) in [7, 11) is 0. The molecule has 0 atom stereocenters. The molecule has 2 nitrogen and oxygen atoms in total. The van der Waals surface area contributed by atoms with Crippen molar-refractivity contribution in [3.05, 3.63) is 53.8 Å². The summed E-state index contributed by atoms with van der Waals surface area (Å²) in [6.07, 6.45) is 0. The van der Waals surface area contributed by atoms with Crippen LogP contribution in [0, 0.1) is 12.7 Å². The number of benzene rings is 2. The quantitative estimate of drug-likeness (QED) is 0.511. The Morgan fingerprint density at radius 3 is 2.79 bits per heavy atom. The number of nitrogen functional groups attached to an aromatic ring is 1. The maximum absolute atomic E-state index is 13.3. The van der Waals surface area contributed by atoms with Crippen LogP contribution in [0.4, 0.5) is 10.1 Å². The summed E-state index contributed by atoms with van der Waals surface area (Å²) >= 11 is 1.61. The van der Waals surface area contributed by atoms with Crippen LogP contribution in [0.5, 0.6) is 5.75 Å². The molecular weight excluding hydrogens is 261 g/mol. The zero-order valence-electron chi connectivity index (χ0n) is 10.7. The highest BCUT2D eigenvalue weighted by molar-refractivity contribution is 7.99. The van der Waals surface area contributed by atoms with E-state index >= 15 is 0 Å². The molecule has 2 rings (SSSR count). The van der Waals surface area contributed by atoms with Gasteiger partial charge in [0, 0.05) is 16.3 Å².